The van der Waals surface area contributed by atoms with Crippen LogP contribution >= 0.6 is 34.9 Å². The van der Waals surface area contributed by atoms with Crippen molar-refractivity contribution in [2.75, 3.05) is 5.75 Å². The maximum Gasteiger partial charge on any atom is 0.396 e. The van der Waals surface area contributed by atoms with Gasteiger partial charge in [-0.3, -0.25) is 0 Å². The summed E-state index contributed by atoms with van der Waals surface area (Å²) in [6.07, 6.45) is 4.59. The number of thiazole rings is 1. The van der Waals surface area contributed by atoms with Crippen LogP contribution in [0.1, 0.15) is 12.1 Å². The number of hydrogen-bond donors (Lipinski definition) is 5. The van der Waals surface area contributed by atoms with Gasteiger partial charge >= 0.3 is 16.0 Å². The maximum atomic E-state index is 10.9. The summed E-state index contributed by atoms with van der Waals surface area (Å²) in [5, 5.41) is 18.9. The fraction of sp³-hybridized carbons (Fsp3) is 0.235. The fourth-order valence-corrected chi connectivity index (χ4v) is 5.68. The first-order chi connectivity index (χ1) is 18.4. The van der Waals surface area contributed by atoms with E-state index in [1.54, 1.807) is 11.6 Å². The molecule has 0 aliphatic rings. The van der Waals surface area contributed by atoms with Gasteiger partial charge in [0.1, 0.15) is 22.7 Å². The predicted octanol–water partition coefficient (Wildman–Crippen LogP) is 0.375. The number of H-pyrrole nitrogens is 1. The zero-order valence-corrected chi connectivity index (χ0v) is 25.0. The van der Waals surface area contributed by atoms with Crippen LogP contribution in [0.15, 0.2) is 43.8 Å². The molecule has 4 heterocycles. The van der Waals surface area contributed by atoms with Gasteiger partial charge in [-0.25, -0.2) is 25.1 Å². The zero-order chi connectivity index (χ0) is 28.6. The molecule has 9 N–H and O–H groups in total. The molecule has 0 amide bonds. The van der Waals surface area contributed by atoms with Crippen molar-refractivity contribution < 1.29 is 30.7 Å². The average molecular weight is 667 g/mol. The number of amidine groups is 1. The van der Waals surface area contributed by atoms with Crippen molar-refractivity contribution in [2.45, 2.75) is 22.2 Å². The van der Waals surface area contributed by atoms with Crippen LogP contribution in [0.4, 0.5) is 10.9 Å². The first-order valence-corrected chi connectivity index (χ1v) is 14.7. The first kappa shape index (κ1) is 32.9. The minimum atomic E-state index is -3.92. The van der Waals surface area contributed by atoms with Gasteiger partial charge in [0, 0.05) is 47.7 Å². The van der Waals surface area contributed by atoms with Gasteiger partial charge in [-0.05, 0) is 21.7 Å². The maximum absolute atomic E-state index is 10.9. The van der Waals surface area contributed by atoms with Crippen molar-refractivity contribution in [3.8, 4) is 0 Å². The predicted molar refractivity (Wildman–Crippen MR) is 149 cm³/mol. The molecule has 4 aromatic rings. The number of nitro groups is 1. The molecule has 0 saturated carbocycles. The number of aromatic nitrogens is 7. The summed E-state index contributed by atoms with van der Waals surface area (Å²) in [7, 11) is -2.23. The van der Waals surface area contributed by atoms with Crippen LogP contribution in [-0.2, 0) is 40.4 Å². The summed E-state index contributed by atoms with van der Waals surface area (Å²) >= 11 is 4.01. The number of fused-ring (bicyclic) bond motifs is 1. The van der Waals surface area contributed by atoms with Gasteiger partial charge in [0.15, 0.2) is 16.6 Å². The van der Waals surface area contributed by atoms with Gasteiger partial charge in [-0.15, -0.1) is 15.7 Å². The Balaban J connectivity index is 0.000000273. The number of nitrogens with two attached hydrogens (primary N) is 4. The topological polar surface area (TPSA) is 291 Å². The van der Waals surface area contributed by atoms with Crippen molar-refractivity contribution in [1.29, 1.82) is 0 Å². The van der Waals surface area contributed by atoms with E-state index in [2.05, 4.69) is 39.3 Å². The second-order valence-corrected chi connectivity index (χ2v) is 11.3. The number of imidazole rings is 2. The van der Waals surface area contributed by atoms with Crippen LogP contribution in [0.25, 0.3) is 11.2 Å². The van der Waals surface area contributed by atoms with E-state index in [0.717, 1.165) is 17.5 Å². The molecule has 0 atom stereocenters. The second-order valence-electron chi connectivity index (χ2n) is 7.18. The van der Waals surface area contributed by atoms with Gasteiger partial charge in [0.25, 0.3) is 0 Å². The molecule has 0 bridgehead atoms. The Hall–Kier alpha value is -3.33. The smallest absolute Gasteiger partial charge is 0.386 e. The molecule has 214 valence electrons. The third-order valence-electron chi connectivity index (χ3n) is 4.18. The van der Waals surface area contributed by atoms with Gasteiger partial charge < -0.3 is 36.9 Å². The molecule has 0 aliphatic heterocycles. The van der Waals surface area contributed by atoms with Crippen molar-refractivity contribution in [2.24, 2.45) is 38.8 Å². The normalized spacial score (nSPS) is 11.4. The molecule has 4 aromatic heterocycles. The SMILES string of the molecule is Cn1cnc([N+](=O)[O-])c1Sc1ncnc2nc[nH]c12.NC(N)=Nc1nc(CSCCC(N)=NS(N)(=O)=O)cs1.[Cr]. The Morgan fingerprint density at radius 3 is 2.67 bits per heavy atom. The Bertz CT molecular complexity index is 1610. The van der Waals surface area contributed by atoms with Crippen molar-refractivity contribution in [3.63, 3.8) is 0 Å². The Kier molecular flexibility index (Phi) is 12.2. The van der Waals surface area contributed by atoms with E-state index in [-0.39, 0.29) is 35.0 Å². The molecule has 4 rings (SSSR count). The molecular formula is C17H22CrN14O4S4. The standard InChI is InChI=1S/C9H7N7O2S.C8H15N7O2S3.Cr/c1-15-4-14-7(16(17)18)9(15)19-8-5-6(11-2-10-5)12-3-13-8;9-6(15-20(12,16)17)1-2-18-3-5-4-19-8(13-5)14-7(10)11;/h2-4H,1H3,(H,10,11,12,13);4H,1-3H2,(H2,9,15)(H2,12,16,17)(H4,10,11,13,14);. The zero-order valence-electron chi connectivity index (χ0n) is 20.4. The van der Waals surface area contributed by atoms with Crippen molar-refractivity contribution in [3.05, 3.63) is 40.2 Å². The van der Waals surface area contributed by atoms with E-state index in [1.165, 1.54) is 42.1 Å². The van der Waals surface area contributed by atoms with E-state index >= 15 is 0 Å². The van der Waals surface area contributed by atoms with Gasteiger partial charge in [-0.1, -0.05) is 0 Å². The van der Waals surface area contributed by atoms with Crippen LogP contribution in [0, 0.1) is 10.1 Å². The van der Waals surface area contributed by atoms with E-state index in [0.29, 0.717) is 44.3 Å². The number of aliphatic imine (C=N–C) groups is 1. The largest absolute Gasteiger partial charge is 0.396 e. The van der Waals surface area contributed by atoms with E-state index in [4.69, 9.17) is 22.3 Å². The van der Waals surface area contributed by atoms with E-state index < -0.39 is 15.1 Å². The number of rotatable bonds is 10. The summed E-state index contributed by atoms with van der Waals surface area (Å²) in [5.74, 6) is 0.989. The Morgan fingerprint density at radius 1 is 1.25 bits per heavy atom. The number of aromatic amines is 1. The summed E-state index contributed by atoms with van der Waals surface area (Å²) in [5.41, 5.74) is 17.9. The van der Waals surface area contributed by atoms with Crippen LogP contribution in [-0.4, -0.2) is 65.4 Å². The number of nitrogens with zero attached hydrogens (tertiary/aromatic N) is 9. The molecule has 0 aliphatic carbocycles. The first-order valence-electron chi connectivity index (χ1n) is 10.4. The average Bonchev–Trinajstić information content (AvgIpc) is 3.57. The molecule has 0 aromatic carbocycles. The molecule has 18 nitrogen and oxygen atoms in total. The Labute approximate surface area is 250 Å². The quantitative estimate of drug-likeness (QED) is 0.0382. The van der Waals surface area contributed by atoms with Crippen molar-refractivity contribution in [1.82, 2.24) is 34.5 Å². The Morgan fingerprint density at radius 2 is 2.00 bits per heavy atom. The molecule has 40 heavy (non-hydrogen) atoms. The summed E-state index contributed by atoms with van der Waals surface area (Å²) in [4.78, 5) is 37.2. The monoisotopic (exact) mass is 666 g/mol. The third-order valence-corrected chi connectivity index (χ3v) is 7.61. The van der Waals surface area contributed by atoms with Crippen LogP contribution in [0.5, 0.6) is 0 Å². The molecule has 0 saturated heterocycles. The van der Waals surface area contributed by atoms with Crippen LogP contribution in [0.2, 0.25) is 0 Å². The fourth-order valence-electron chi connectivity index (χ4n) is 2.65. The van der Waals surface area contributed by atoms with Gasteiger partial charge in [0.05, 0.1) is 12.0 Å². The number of aryl methyl sites for hydroxylation is 1. The molecule has 23 heteroatoms. The summed E-state index contributed by atoms with van der Waals surface area (Å²) in [6.45, 7) is 0. The van der Waals surface area contributed by atoms with Crippen molar-refractivity contribution >= 4 is 79.0 Å². The molecular weight excluding hydrogens is 645 g/mol. The van der Waals surface area contributed by atoms with Crippen LogP contribution in [0.3, 0.4) is 0 Å². The van der Waals surface area contributed by atoms with Gasteiger partial charge in [0.2, 0.25) is 11.5 Å². The van der Waals surface area contributed by atoms with Crippen LogP contribution < -0.4 is 22.3 Å². The molecule has 0 fully saturated rings. The molecule has 0 spiro atoms. The minimum absolute atomic E-state index is 0. The minimum Gasteiger partial charge on any atom is -0.386 e. The third kappa shape index (κ3) is 10.0. The van der Waals surface area contributed by atoms with E-state index in [9.17, 15) is 18.5 Å². The summed E-state index contributed by atoms with van der Waals surface area (Å²) < 4.78 is 26.0. The second kappa shape index (κ2) is 14.9. The molecule has 0 unspecified atom stereocenters. The summed E-state index contributed by atoms with van der Waals surface area (Å²) in [6, 6.07) is 0. The number of thioether (sulfide) groups is 1. The van der Waals surface area contributed by atoms with E-state index in [1.807, 2.05) is 5.38 Å². The number of nitrogens with one attached hydrogen (secondary N) is 1. The molecule has 0 radical (unpaired) electrons. The number of hydrogen-bond acceptors (Lipinski definition) is 13. The number of guanidine groups is 1. The van der Waals surface area contributed by atoms with Gasteiger partial charge in [-0.2, -0.15) is 25.2 Å².